The molecule has 1 heterocycles. The highest BCUT2D eigenvalue weighted by atomic mass is 35.5. The van der Waals surface area contributed by atoms with E-state index in [4.69, 9.17) is 22.4 Å². The van der Waals surface area contributed by atoms with Crippen LogP contribution in [-0.2, 0) is 6.54 Å². The first-order valence-electron chi connectivity index (χ1n) is 6.09. The van der Waals surface area contributed by atoms with E-state index in [1.165, 1.54) is 0 Å². The third kappa shape index (κ3) is 2.92. The maximum absolute atomic E-state index is 8.95. The van der Waals surface area contributed by atoms with Crippen LogP contribution in [0, 0.1) is 5.92 Å². The van der Waals surface area contributed by atoms with E-state index in [1.807, 2.05) is 18.2 Å². The molecule has 1 atom stereocenters. The van der Waals surface area contributed by atoms with Gasteiger partial charge in [-0.3, -0.25) is 0 Å². The minimum atomic E-state index is 0.276. The van der Waals surface area contributed by atoms with Gasteiger partial charge in [-0.1, -0.05) is 17.7 Å². The molecule has 0 radical (unpaired) electrons. The van der Waals surface area contributed by atoms with Gasteiger partial charge in [-0.2, -0.15) is 0 Å². The maximum Gasteiger partial charge on any atom is 0.0642 e. The first-order valence-corrected chi connectivity index (χ1v) is 6.46. The number of rotatable bonds is 4. The van der Waals surface area contributed by atoms with E-state index in [9.17, 15) is 0 Å². The van der Waals surface area contributed by atoms with Crippen molar-refractivity contribution in [1.29, 1.82) is 0 Å². The number of halogens is 1. The highest BCUT2D eigenvalue weighted by Crippen LogP contribution is 2.31. The summed E-state index contributed by atoms with van der Waals surface area (Å²) in [5.41, 5.74) is 7.73. The van der Waals surface area contributed by atoms with Gasteiger partial charge in [0, 0.05) is 26.2 Å². The number of aliphatic hydroxyl groups excluding tert-OH is 1. The molecule has 0 aliphatic carbocycles. The molecule has 0 bridgehead atoms. The van der Waals surface area contributed by atoms with Crippen LogP contribution >= 0.6 is 11.6 Å². The summed E-state index contributed by atoms with van der Waals surface area (Å²) in [6.07, 6.45) is 2.02. The molecule has 94 valence electrons. The molecule has 0 saturated carbocycles. The van der Waals surface area contributed by atoms with Gasteiger partial charge < -0.3 is 15.7 Å². The van der Waals surface area contributed by atoms with Crippen LogP contribution in [0.15, 0.2) is 18.2 Å². The summed E-state index contributed by atoms with van der Waals surface area (Å²) >= 11 is 6.27. The minimum Gasteiger partial charge on any atom is -0.396 e. The number of benzene rings is 1. The van der Waals surface area contributed by atoms with Crippen molar-refractivity contribution in [2.75, 3.05) is 24.6 Å². The SMILES string of the molecule is NCc1ccc(N2CCC(CCO)C2)c(Cl)c1. The van der Waals surface area contributed by atoms with Gasteiger partial charge >= 0.3 is 0 Å². The summed E-state index contributed by atoms with van der Waals surface area (Å²) in [5.74, 6) is 0.588. The van der Waals surface area contributed by atoms with E-state index in [2.05, 4.69) is 4.90 Å². The molecule has 1 unspecified atom stereocenters. The number of nitrogens with two attached hydrogens (primary N) is 1. The summed E-state index contributed by atoms with van der Waals surface area (Å²) in [4.78, 5) is 2.29. The Labute approximate surface area is 107 Å². The fourth-order valence-corrected chi connectivity index (χ4v) is 2.73. The van der Waals surface area contributed by atoms with Crippen LogP contribution in [0.25, 0.3) is 0 Å². The molecule has 0 amide bonds. The minimum absolute atomic E-state index is 0.276. The average Bonchev–Trinajstić information content (AvgIpc) is 2.78. The summed E-state index contributed by atoms with van der Waals surface area (Å²) in [7, 11) is 0. The molecule has 4 heteroatoms. The Balaban J connectivity index is 2.08. The lowest BCUT2D eigenvalue weighted by molar-refractivity contribution is 0.263. The zero-order chi connectivity index (χ0) is 12.3. The molecular weight excluding hydrogens is 236 g/mol. The third-order valence-corrected chi connectivity index (χ3v) is 3.71. The van der Waals surface area contributed by atoms with Gasteiger partial charge in [-0.25, -0.2) is 0 Å². The second-order valence-corrected chi connectivity index (χ2v) is 5.01. The van der Waals surface area contributed by atoms with Gasteiger partial charge in [0.1, 0.15) is 0 Å². The monoisotopic (exact) mass is 254 g/mol. The molecule has 17 heavy (non-hydrogen) atoms. The van der Waals surface area contributed by atoms with Crippen molar-refractivity contribution in [1.82, 2.24) is 0 Å². The van der Waals surface area contributed by atoms with E-state index in [0.717, 1.165) is 42.2 Å². The Kier molecular flexibility index (Phi) is 4.26. The molecular formula is C13H19ClN2O. The van der Waals surface area contributed by atoms with Crippen LogP contribution in [0.1, 0.15) is 18.4 Å². The average molecular weight is 255 g/mol. The van der Waals surface area contributed by atoms with Gasteiger partial charge in [0.25, 0.3) is 0 Å². The van der Waals surface area contributed by atoms with Crippen molar-refractivity contribution in [3.05, 3.63) is 28.8 Å². The fourth-order valence-electron chi connectivity index (χ4n) is 2.40. The molecule has 1 aromatic carbocycles. The zero-order valence-corrected chi connectivity index (χ0v) is 10.7. The van der Waals surface area contributed by atoms with Crippen LogP contribution in [0.5, 0.6) is 0 Å². The predicted molar refractivity (Wildman–Crippen MR) is 71.4 cm³/mol. The van der Waals surface area contributed by atoms with E-state index < -0.39 is 0 Å². The van der Waals surface area contributed by atoms with E-state index >= 15 is 0 Å². The maximum atomic E-state index is 8.95. The third-order valence-electron chi connectivity index (χ3n) is 3.41. The molecule has 0 spiro atoms. The highest BCUT2D eigenvalue weighted by Gasteiger charge is 2.23. The fraction of sp³-hybridized carbons (Fsp3) is 0.538. The molecule has 0 aromatic heterocycles. The van der Waals surface area contributed by atoms with Gasteiger partial charge in [-0.05, 0) is 36.5 Å². The van der Waals surface area contributed by atoms with Crippen LogP contribution in [0.2, 0.25) is 5.02 Å². The van der Waals surface area contributed by atoms with Crippen molar-refractivity contribution in [2.45, 2.75) is 19.4 Å². The van der Waals surface area contributed by atoms with Crippen molar-refractivity contribution < 1.29 is 5.11 Å². The molecule has 2 rings (SSSR count). The van der Waals surface area contributed by atoms with Crippen LogP contribution in [0.4, 0.5) is 5.69 Å². The largest absolute Gasteiger partial charge is 0.396 e. The summed E-state index contributed by atoms with van der Waals surface area (Å²) in [6.45, 7) is 2.81. The second-order valence-electron chi connectivity index (χ2n) is 4.60. The number of nitrogens with zero attached hydrogens (tertiary/aromatic N) is 1. The first kappa shape index (κ1) is 12.7. The Bertz CT molecular complexity index is 384. The van der Waals surface area contributed by atoms with E-state index in [-0.39, 0.29) is 6.61 Å². The van der Waals surface area contributed by atoms with Crippen LogP contribution < -0.4 is 10.6 Å². The first-order chi connectivity index (χ1) is 8.24. The summed E-state index contributed by atoms with van der Waals surface area (Å²) in [5, 5.41) is 9.72. The van der Waals surface area contributed by atoms with Crippen LogP contribution in [-0.4, -0.2) is 24.8 Å². The van der Waals surface area contributed by atoms with Gasteiger partial charge in [-0.15, -0.1) is 0 Å². The standard InChI is InChI=1S/C13H19ClN2O/c14-12-7-11(8-15)1-2-13(12)16-5-3-10(9-16)4-6-17/h1-2,7,10,17H,3-6,8-9,15H2. The highest BCUT2D eigenvalue weighted by molar-refractivity contribution is 6.33. The molecule has 1 fully saturated rings. The zero-order valence-electron chi connectivity index (χ0n) is 9.90. The Morgan fingerprint density at radius 2 is 2.29 bits per heavy atom. The smallest absolute Gasteiger partial charge is 0.0642 e. The van der Waals surface area contributed by atoms with Gasteiger partial charge in [0.2, 0.25) is 0 Å². The number of hydrogen-bond acceptors (Lipinski definition) is 3. The lowest BCUT2D eigenvalue weighted by atomic mass is 10.1. The molecule has 3 N–H and O–H groups in total. The van der Waals surface area contributed by atoms with Gasteiger partial charge in [0.05, 0.1) is 10.7 Å². The van der Waals surface area contributed by atoms with Crippen molar-refractivity contribution in [3.63, 3.8) is 0 Å². The van der Waals surface area contributed by atoms with Crippen molar-refractivity contribution >= 4 is 17.3 Å². The molecule has 3 nitrogen and oxygen atoms in total. The van der Waals surface area contributed by atoms with Crippen molar-refractivity contribution in [2.24, 2.45) is 11.7 Å². The Morgan fingerprint density at radius 3 is 2.94 bits per heavy atom. The Morgan fingerprint density at radius 1 is 1.47 bits per heavy atom. The van der Waals surface area contributed by atoms with E-state index in [1.54, 1.807) is 0 Å². The molecule has 1 aliphatic rings. The lowest BCUT2D eigenvalue weighted by Crippen LogP contribution is -2.20. The van der Waals surface area contributed by atoms with Crippen LogP contribution in [0.3, 0.4) is 0 Å². The molecule has 1 aromatic rings. The van der Waals surface area contributed by atoms with Gasteiger partial charge in [0.15, 0.2) is 0 Å². The number of anilines is 1. The summed E-state index contributed by atoms with van der Waals surface area (Å²) in [6, 6.07) is 6.02. The summed E-state index contributed by atoms with van der Waals surface area (Å²) < 4.78 is 0. The normalized spacial score (nSPS) is 19.9. The second kappa shape index (κ2) is 5.71. The quantitative estimate of drug-likeness (QED) is 0.864. The molecule has 1 saturated heterocycles. The number of aliphatic hydroxyl groups is 1. The van der Waals surface area contributed by atoms with E-state index in [0.29, 0.717) is 12.5 Å². The number of hydrogen-bond donors (Lipinski definition) is 2. The molecule has 1 aliphatic heterocycles. The lowest BCUT2D eigenvalue weighted by Gasteiger charge is -2.20. The topological polar surface area (TPSA) is 49.5 Å². The predicted octanol–water partition coefficient (Wildman–Crippen LogP) is 2.01. The van der Waals surface area contributed by atoms with Crippen molar-refractivity contribution in [3.8, 4) is 0 Å². The Hall–Kier alpha value is -0.770.